The second-order valence-electron chi connectivity index (χ2n) is 7.20. The zero-order valence-corrected chi connectivity index (χ0v) is 17.5. The normalized spacial score (nSPS) is 11.6. The fourth-order valence-electron chi connectivity index (χ4n) is 3.07. The number of amides is 2. The summed E-state index contributed by atoms with van der Waals surface area (Å²) in [7, 11) is 0. The summed E-state index contributed by atoms with van der Waals surface area (Å²) in [6.45, 7) is 6.11. The Bertz CT molecular complexity index is 975. The minimum absolute atomic E-state index is 0.175. The van der Waals surface area contributed by atoms with Crippen molar-refractivity contribution in [3.05, 3.63) is 89.2 Å². The van der Waals surface area contributed by atoms with Crippen molar-refractivity contribution in [1.29, 1.82) is 0 Å². The van der Waals surface area contributed by atoms with Gasteiger partial charge in [-0.15, -0.1) is 0 Å². The average molecular weight is 405 g/mol. The van der Waals surface area contributed by atoms with Gasteiger partial charge in [-0.1, -0.05) is 30.3 Å². The molecule has 6 heteroatoms. The Morgan fingerprint density at radius 2 is 1.57 bits per heavy atom. The molecule has 0 saturated carbocycles. The van der Waals surface area contributed by atoms with Gasteiger partial charge < -0.3 is 10.1 Å². The highest BCUT2D eigenvalue weighted by Crippen LogP contribution is 2.15. The first-order valence-electron chi connectivity index (χ1n) is 9.98. The fourth-order valence-corrected chi connectivity index (χ4v) is 3.07. The number of aromatic nitrogens is 1. The molecule has 2 aromatic carbocycles. The van der Waals surface area contributed by atoms with E-state index in [1.807, 2.05) is 56.3 Å². The minimum Gasteiger partial charge on any atom is -0.481 e. The molecular formula is C24H27N3O3. The SMILES string of the molecule is Cc1ccc(C)n1NC(=O)c1ccc(O[C@H](C)C(=O)NCCc2ccccc2)cc1. The van der Waals surface area contributed by atoms with Crippen molar-refractivity contribution in [2.75, 3.05) is 12.0 Å². The number of hydrogen-bond acceptors (Lipinski definition) is 3. The fraction of sp³-hybridized carbons (Fsp3) is 0.250. The molecule has 3 aromatic rings. The first-order chi connectivity index (χ1) is 14.4. The van der Waals surface area contributed by atoms with Gasteiger partial charge in [0.1, 0.15) is 5.75 Å². The van der Waals surface area contributed by atoms with Crippen LogP contribution in [0.25, 0.3) is 0 Å². The predicted octanol–water partition coefficient (Wildman–Crippen LogP) is 3.62. The molecule has 6 nitrogen and oxygen atoms in total. The van der Waals surface area contributed by atoms with E-state index in [-0.39, 0.29) is 11.8 Å². The number of rotatable bonds is 8. The summed E-state index contributed by atoms with van der Waals surface area (Å²) in [6, 6.07) is 20.6. The average Bonchev–Trinajstić information content (AvgIpc) is 3.07. The summed E-state index contributed by atoms with van der Waals surface area (Å²) in [5.41, 5.74) is 6.45. The van der Waals surface area contributed by atoms with E-state index >= 15 is 0 Å². The van der Waals surface area contributed by atoms with E-state index in [9.17, 15) is 9.59 Å². The molecule has 0 aliphatic carbocycles. The summed E-state index contributed by atoms with van der Waals surface area (Å²) in [5, 5.41) is 2.89. The molecule has 0 unspecified atom stereocenters. The van der Waals surface area contributed by atoms with E-state index in [0.717, 1.165) is 17.8 Å². The second-order valence-corrected chi connectivity index (χ2v) is 7.20. The van der Waals surface area contributed by atoms with Crippen LogP contribution in [0, 0.1) is 13.8 Å². The third-order valence-corrected chi connectivity index (χ3v) is 4.84. The number of nitrogens with one attached hydrogen (secondary N) is 2. The lowest BCUT2D eigenvalue weighted by atomic mass is 10.1. The van der Waals surface area contributed by atoms with Crippen LogP contribution in [0.2, 0.25) is 0 Å². The molecule has 2 N–H and O–H groups in total. The van der Waals surface area contributed by atoms with Gasteiger partial charge in [0.15, 0.2) is 6.10 Å². The van der Waals surface area contributed by atoms with E-state index < -0.39 is 6.10 Å². The summed E-state index contributed by atoms with van der Waals surface area (Å²) < 4.78 is 7.45. The van der Waals surface area contributed by atoms with Crippen LogP contribution in [0.3, 0.4) is 0 Å². The maximum atomic E-state index is 12.5. The Kier molecular flexibility index (Phi) is 6.91. The molecule has 0 saturated heterocycles. The van der Waals surface area contributed by atoms with Crippen LogP contribution >= 0.6 is 0 Å². The number of nitrogens with zero attached hydrogens (tertiary/aromatic N) is 1. The van der Waals surface area contributed by atoms with Crippen LogP contribution in [-0.2, 0) is 11.2 Å². The van der Waals surface area contributed by atoms with Crippen molar-refractivity contribution in [3.63, 3.8) is 0 Å². The highest BCUT2D eigenvalue weighted by molar-refractivity contribution is 6.00. The van der Waals surface area contributed by atoms with E-state index in [1.165, 1.54) is 5.56 Å². The molecule has 1 aromatic heterocycles. The van der Waals surface area contributed by atoms with Crippen LogP contribution in [0.5, 0.6) is 5.75 Å². The Labute approximate surface area is 176 Å². The van der Waals surface area contributed by atoms with Crippen LogP contribution in [0.1, 0.15) is 34.2 Å². The Morgan fingerprint density at radius 1 is 0.933 bits per heavy atom. The molecular weight excluding hydrogens is 378 g/mol. The molecule has 30 heavy (non-hydrogen) atoms. The van der Waals surface area contributed by atoms with Gasteiger partial charge >= 0.3 is 0 Å². The molecule has 1 atom stereocenters. The molecule has 0 radical (unpaired) electrons. The molecule has 0 aliphatic heterocycles. The zero-order chi connectivity index (χ0) is 21.5. The molecule has 2 amide bonds. The molecule has 156 valence electrons. The van der Waals surface area contributed by atoms with Crippen LogP contribution in [0.4, 0.5) is 0 Å². The van der Waals surface area contributed by atoms with Gasteiger partial charge in [0.2, 0.25) is 0 Å². The van der Waals surface area contributed by atoms with Crippen molar-refractivity contribution in [1.82, 2.24) is 9.99 Å². The number of carbonyl (C=O) groups is 2. The molecule has 0 fully saturated rings. The second kappa shape index (κ2) is 9.78. The van der Waals surface area contributed by atoms with Crippen molar-refractivity contribution >= 4 is 11.8 Å². The predicted molar refractivity (Wildman–Crippen MR) is 117 cm³/mol. The Hall–Kier alpha value is -3.54. The monoisotopic (exact) mass is 405 g/mol. The minimum atomic E-state index is -0.634. The number of aryl methyl sites for hydroxylation is 2. The maximum absolute atomic E-state index is 12.5. The summed E-state index contributed by atoms with van der Waals surface area (Å²) in [5.74, 6) is 0.146. The van der Waals surface area contributed by atoms with E-state index in [0.29, 0.717) is 17.9 Å². The summed E-state index contributed by atoms with van der Waals surface area (Å²) in [4.78, 5) is 24.7. The molecule has 1 heterocycles. The third-order valence-electron chi connectivity index (χ3n) is 4.84. The van der Waals surface area contributed by atoms with Gasteiger partial charge in [-0.2, -0.15) is 0 Å². The largest absolute Gasteiger partial charge is 0.481 e. The van der Waals surface area contributed by atoms with Gasteiger partial charge in [-0.05, 0) is 69.2 Å². The topological polar surface area (TPSA) is 72.4 Å². The number of carbonyl (C=O) groups excluding carboxylic acids is 2. The van der Waals surface area contributed by atoms with Gasteiger partial charge in [-0.3, -0.25) is 19.7 Å². The summed E-state index contributed by atoms with van der Waals surface area (Å²) in [6.07, 6.45) is 0.134. The number of benzene rings is 2. The standard InChI is InChI=1S/C24H27N3O3/c1-17-9-10-18(2)27(17)26-24(29)21-11-13-22(14-12-21)30-19(3)23(28)25-16-15-20-7-5-4-6-8-20/h4-14,19H,15-16H2,1-3H3,(H,25,28)(H,26,29)/t19-/m1/s1. The smallest absolute Gasteiger partial charge is 0.270 e. The zero-order valence-electron chi connectivity index (χ0n) is 17.5. The lowest BCUT2D eigenvalue weighted by Crippen LogP contribution is -2.37. The van der Waals surface area contributed by atoms with Gasteiger partial charge in [0.05, 0.1) is 0 Å². The van der Waals surface area contributed by atoms with Crippen molar-refractivity contribution in [3.8, 4) is 5.75 Å². The quantitative estimate of drug-likeness (QED) is 0.601. The summed E-state index contributed by atoms with van der Waals surface area (Å²) >= 11 is 0. The third kappa shape index (κ3) is 5.50. The van der Waals surface area contributed by atoms with E-state index in [2.05, 4.69) is 10.7 Å². The van der Waals surface area contributed by atoms with Crippen molar-refractivity contribution in [2.45, 2.75) is 33.3 Å². The Morgan fingerprint density at radius 3 is 2.20 bits per heavy atom. The van der Waals surface area contributed by atoms with Crippen LogP contribution in [0.15, 0.2) is 66.7 Å². The van der Waals surface area contributed by atoms with Crippen LogP contribution < -0.4 is 15.5 Å². The first kappa shape index (κ1) is 21.2. The van der Waals surface area contributed by atoms with E-state index in [4.69, 9.17) is 4.74 Å². The maximum Gasteiger partial charge on any atom is 0.270 e. The van der Waals surface area contributed by atoms with Crippen molar-refractivity contribution in [2.24, 2.45) is 0 Å². The van der Waals surface area contributed by atoms with Gasteiger partial charge in [-0.25, -0.2) is 0 Å². The van der Waals surface area contributed by atoms with Gasteiger partial charge in [0, 0.05) is 23.5 Å². The van der Waals surface area contributed by atoms with Crippen molar-refractivity contribution < 1.29 is 14.3 Å². The van der Waals surface area contributed by atoms with Crippen LogP contribution in [-0.4, -0.2) is 29.1 Å². The highest BCUT2D eigenvalue weighted by atomic mass is 16.5. The number of ether oxygens (including phenoxy) is 1. The molecule has 3 rings (SSSR count). The molecule has 0 spiro atoms. The molecule has 0 bridgehead atoms. The highest BCUT2D eigenvalue weighted by Gasteiger charge is 2.15. The lowest BCUT2D eigenvalue weighted by molar-refractivity contribution is -0.127. The first-order valence-corrected chi connectivity index (χ1v) is 9.98. The van der Waals surface area contributed by atoms with Gasteiger partial charge in [0.25, 0.3) is 11.8 Å². The van der Waals surface area contributed by atoms with E-state index in [1.54, 1.807) is 35.9 Å². The Balaban J connectivity index is 1.49. The molecule has 0 aliphatic rings. The number of hydrogen-bond donors (Lipinski definition) is 2. The lowest BCUT2D eigenvalue weighted by Gasteiger charge is -2.15.